The minimum atomic E-state index is -0.0943. The summed E-state index contributed by atoms with van der Waals surface area (Å²) < 4.78 is 1.89. The molecular formula is C15H17N5. The Morgan fingerprint density at radius 3 is 2.95 bits per heavy atom. The Labute approximate surface area is 117 Å². The van der Waals surface area contributed by atoms with Gasteiger partial charge in [0.15, 0.2) is 0 Å². The normalized spacial score (nSPS) is 12.7. The third kappa shape index (κ3) is 2.17. The van der Waals surface area contributed by atoms with Gasteiger partial charge in [-0.3, -0.25) is 15.5 Å². The topological polar surface area (TPSA) is 68.8 Å². The lowest BCUT2D eigenvalue weighted by atomic mass is 9.98. The maximum Gasteiger partial charge on any atom is 0.0747 e. The highest BCUT2D eigenvalue weighted by Gasteiger charge is 2.16. The molecular weight excluding hydrogens is 250 g/mol. The second kappa shape index (κ2) is 5.40. The van der Waals surface area contributed by atoms with Crippen molar-refractivity contribution >= 4 is 10.9 Å². The number of pyridine rings is 1. The van der Waals surface area contributed by atoms with Crippen molar-refractivity contribution in [1.29, 1.82) is 0 Å². The molecule has 1 unspecified atom stereocenters. The molecule has 5 nitrogen and oxygen atoms in total. The van der Waals surface area contributed by atoms with E-state index in [0.29, 0.717) is 0 Å². The second-order valence-corrected chi connectivity index (χ2v) is 4.65. The highest BCUT2D eigenvalue weighted by Crippen LogP contribution is 2.27. The zero-order valence-corrected chi connectivity index (χ0v) is 11.3. The highest BCUT2D eigenvalue weighted by molar-refractivity contribution is 5.82. The molecule has 0 amide bonds. The van der Waals surface area contributed by atoms with Crippen LogP contribution >= 0.6 is 0 Å². The number of aryl methyl sites for hydroxylation is 1. The summed E-state index contributed by atoms with van der Waals surface area (Å²) in [5.74, 6) is 5.77. The predicted octanol–water partition coefficient (Wildman–Crippen LogP) is 2.00. The smallest absolute Gasteiger partial charge is 0.0747 e. The molecule has 102 valence electrons. The van der Waals surface area contributed by atoms with Gasteiger partial charge in [0.1, 0.15) is 0 Å². The van der Waals surface area contributed by atoms with Gasteiger partial charge in [-0.1, -0.05) is 18.2 Å². The van der Waals surface area contributed by atoms with Crippen LogP contribution in [0.4, 0.5) is 0 Å². The molecule has 0 fully saturated rings. The van der Waals surface area contributed by atoms with Crippen LogP contribution in [0.15, 0.2) is 48.9 Å². The van der Waals surface area contributed by atoms with Gasteiger partial charge in [-0.15, -0.1) is 0 Å². The van der Waals surface area contributed by atoms with Crippen LogP contribution in [0.3, 0.4) is 0 Å². The fraction of sp³-hybridized carbons (Fsp3) is 0.200. The van der Waals surface area contributed by atoms with Crippen molar-refractivity contribution in [2.45, 2.75) is 19.5 Å². The van der Waals surface area contributed by atoms with Crippen molar-refractivity contribution < 1.29 is 0 Å². The first-order valence-corrected chi connectivity index (χ1v) is 6.65. The van der Waals surface area contributed by atoms with E-state index < -0.39 is 0 Å². The minimum Gasteiger partial charge on any atom is -0.273 e. The molecule has 1 aromatic carbocycles. The van der Waals surface area contributed by atoms with E-state index in [-0.39, 0.29) is 6.04 Å². The summed E-state index contributed by atoms with van der Waals surface area (Å²) in [6.45, 7) is 2.90. The molecule has 3 N–H and O–H groups in total. The van der Waals surface area contributed by atoms with Crippen LogP contribution in [0, 0.1) is 0 Å². The first-order valence-electron chi connectivity index (χ1n) is 6.65. The summed E-state index contributed by atoms with van der Waals surface area (Å²) in [6, 6.07) is 9.98. The zero-order chi connectivity index (χ0) is 13.9. The first-order chi connectivity index (χ1) is 9.83. The third-order valence-electron chi connectivity index (χ3n) is 3.47. The number of hydrogen-bond donors (Lipinski definition) is 2. The largest absolute Gasteiger partial charge is 0.273 e. The van der Waals surface area contributed by atoms with E-state index in [2.05, 4.69) is 34.6 Å². The molecule has 0 bridgehead atoms. The predicted molar refractivity (Wildman–Crippen MR) is 78.8 cm³/mol. The summed E-state index contributed by atoms with van der Waals surface area (Å²) >= 11 is 0. The molecule has 2 heterocycles. The lowest BCUT2D eigenvalue weighted by Gasteiger charge is -2.16. The van der Waals surface area contributed by atoms with Crippen molar-refractivity contribution in [3.63, 3.8) is 0 Å². The Kier molecular flexibility index (Phi) is 3.45. The van der Waals surface area contributed by atoms with Gasteiger partial charge in [0.2, 0.25) is 0 Å². The maximum absolute atomic E-state index is 5.77. The lowest BCUT2D eigenvalue weighted by molar-refractivity contribution is 0.633. The van der Waals surface area contributed by atoms with Gasteiger partial charge in [-0.05, 0) is 24.6 Å². The quantitative estimate of drug-likeness (QED) is 0.560. The van der Waals surface area contributed by atoms with Crippen molar-refractivity contribution in [2.75, 3.05) is 0 Å². The highest BCUT2D eigenvalue weighted by atomic mass is 15.3. The van der Waals surface area contributed by atoms with Crippen LogP contribution in [-0.4, -0.2) is 14.8 Å². The molecule has 3 aromatic rings. The van der Waals surface area contributed by atoms with Crippen molar-refractivity contribution in [1.82, 2.24) is 20.2 Å². The average molecular weight is 267 g/mol. The van der Waals surface area contributed by atoms with E-state index in [1.54, 1.807) is 6.20 Å². The Bertz CT molecular complexity index is 714. The SMILES string of the molecule is CCn1cc(C(NN)c2cccc3ncccc23)cn1. The molecule has 0 saturated heterocycles. The number of hydrazine groups is 1. The van der Waals surface area contributed by atoms with Crippen molar-refractivity contribution in [2.24, 2.45) is 5.84 Å². The monoisotopic (exact) mass is 267 g/mol. The number of nitrogens with two attached hydrogens (primary N) is 1. The Morgan fingerprint density at radius 1 is 1.30 bits per heavy atom. The zero-order valence-electron chi connectivity index (χ0n) is 11.3. The molecule has 1 atom stereocenters. The van der Waals surface area contributed by atoms with Crippen LogP contribution in [0.5, 0.6) is 0 Å². The summed E-state index contributed by atoms with van der Waals surface area (Å²) in [5.41, 5.74) is 6.00. The van der Waals surface area contributed by atoms with E-state index in [4.69, 9.17) is 5.84 Å². The molecule has 0 radical (unpaired) electrons. The molecule has 0 aliphatic heterocycles. The minimum absolute atomic E-state index is 0.0943. The molecule has 0 saturated carbocycles. The van der Waals surface area contributed by atoms with Gasteiger partial charge in [0, 0.05) is 29.9 Å². The molecule has 0 aliphatic carbocycles. The standard InChI is InChI=1S/C15H17N5/c1-2-20-10-11(9-18-20)15(19-16)13-5-3-7-14-12(13)6-4-8-17-14/h3-10,15,19H,2,16H2,1H3. The van der Waals surface area contributed by atoms with Gasteiger partial charge in [-0.25, -0.2) is 5.43 Å². The number of rotatable bonds is 4. The number of fused-ring (bicyclic) bond motifs is 1. The summed E-state index contributed by atoms with van der Waals surface area (Å²) in [4.78, 5) is 4.38. The number of nitrogens with one attached hydrogen (secondary N) is 1. The molecule has 5 heteroatoms. The lowest BCUT2D eigenvalue weighted by Crippen LogP contribution is -2.28. The van der Waals surface area contributed by atoms with Gasteiger partial charge >= 0.3 is 0 Å². The number of aromatic nitrogens is 3. The molecule has 3 rings (SSSR count). The van der Waals surface area contributed by atoms with Crippen LogP contribution in [0.1, 0.15) is 24.1 Å². The number of nitrogens with zero attached hydrogens (tertiary/aromatic N) is 3. The van der Waals surface area contributed by atoms with Crippen LogP contribution < -0.4 is 11.3 Å². The molecule has 0 aliphatic rings. The van der Waals surface area contributed by atoms with Crippen LogP contribution in [0.2, 0.25) is 0 Å². The Hall–Kier alpha value is -2.24. The molecule has 20 heavy (non-hydrogen) atoms. The van der Waals surface area contributed by atoms with Gasteiger partial charge < -0.3 is 0 Å². The number of hydrogen-bond acceptors (Lipinski definition) is 4. The van der Waals surface area contributed by atoms with Crippen molar-refractivity contribution in [3.05, 3.63) is 60.0 Å². The number of benzene rings is 1. The van der Waals surface area contributed by atoms with E-state index in [1.807, 2.05) is 35.3 Å². The average Bonchev–Trinajstić information content (AvgIpc) is 2.97. The third-order valence-corrected chi connectivity index (χ3v) is 3.47. The molecule has 2 aromatic heterocycles. The van der Waals surface area contributed by atoms with E-state index in [1.165, 1.54) is 0 Å². The van der Waals surface area contributed by atoms with Gasteiger partial charge in [0.25, 0.3) is 0 Å². The fourth-order valence-electron chi connectivity index (χ4n) is 2.45. The summed E-state index contributed by atoms with van der Waals surface area (Å²) in [5, 5.41) is 5.41. The summed E-state index contributed by atoms with van der Waals surface area (Å²) in [7, 11) is 0. The van der Waals surface area contributed by atoms with Crippen LogP contribution in [-0.2, 0) is 6.54 Å². The van der Waals surface area contributed by atoms with Crippen molar-refractivity contribution in [3.8, 4) is 0 Å². The fourth-order valence-corrected chi connectivity index (χ4v) is 2.45. The molecule has 0 spiro atoms. The van der Waals surface area contributed by atoms with Crippen LogP contribution in [0.25, 0.3) is 10.9 Å². The van der Waals surface area contributed by atoms with Gasteiger partial charge in [0.05, 0.1) is 17.8 Å². The van der Waals surface area contributed by atoms with E-state index in [0.717, 1.165) is 28.6 Å². The Morgan fingerprint density at radius 2 is 2.20 bits per heavy atom. The second-order valence-electron chi connectivity index (χ2n) is 4.65. The maximum atomic E-state index is 5.77. The summed E-state index contributed by atoms with van der Waals surface area (Å²) in [6.07, 6.45) is 5.66. The van der Waals surface area contributed by atoms with E-state index in [9.17, 15) is 0 Å². The van der Waals surface area contributed by atoms with E-state index >= 15 is 0 Å². The Balaban J connectivity index is 2.11. The van der Waals surface area contributed by atoms with Gasteiger partial charge in [-0.2, -0.15) is 5.10 Å². The first kappa shape index (κ1) is 12.8.